The van der Waals surface area contributed by atoms with Gasteiger partial charge in [0.05, 0.1) is 73.1 Å². The Morgan fingerprint density at radius 3 is 0.787 bits per heavy atom. The van der Waals surface area contributed by atoms with E-state index in [1.54, 1.807) is 12.1 Å². The molecule has 8 rings (SSSR count). The van der Waals surface area contributed by atoms with E-state index in [2.05, 4.69) is 0 Å². The fourth-order valence-corrected chi connectivity index (χ4v) is 12.1. The normalized spacial score (nSPS) is 11.5. The Morgan fingerprint density at radius 1 is 0.338 bits per heavy atom. The zero-order valence-corrected chi connectivity index (χ0v) is 46.1. The van der Waals surface area contributed by atoms with Gasteiger partial charge in [-0.05, 0) is 83.9 Å². The van der Waals surface area contributed by atoms with E-state index in [0.717, 1.165) is 72.1 Å². The average molecular weight is 1300 g/mol. The predicted octanol–water partition coefficient (Wildman–Crippen LogP) is 21.5. The number of nitro groups is 4. The van der Waals surface area contributed by atoms with Gasteiger partial charge in [0, 0.05) is 99.4 Å². The quantitative estimate of drug-likeness (QED) is 0.0651. The van der Waals surface area contributed by atoms with Crippen LogP contribution in [0.2, 0.25) is 40.2 Å². The van der Waals surface area contributed by atoms with E-state index in [-0.39, 0.29) is 83.4 Å². The number of nitrogens with zero attached hydrogens (tertiary/aromatic N) is 4. The molecule has 0 atom stereocenters. The van der Waals surface area contributed by atoms with Crippen LogP contribution in [-0.2, 0) is 12.4 Å². The third kappa shape index (κ3) is 13.1. The smallest absolute Gasteiger partial charge is 0.258 e. The number of rotatable bonds is 12. The van der Waals surface area contributed by atoms with Crippen LogP contribution in [0.5, 0.6) is 0 Å². The fourth-order valence-electron chi connectivity index (χ4n) is 7.51. The molecular weight excluding hydrogens is 1280 g/mol. The summed E-state index contributed by atoms with van der Waals surface area (Å²) in [4.78, 5) is 41.6. The molecule has 0 unspecified atom stereocenters. The van der Waals surface area contributed by atoms with Crippen molar-refractivity contribution >= 4 is 139 Å². The Balaban J connectivity index is 0.000000234. The zero-order chi connectivity index (χ0) is 59.0. The Hall–Kier alpha value is -6.18. The summed E-state index contributed by atoms with van der Waals surface area (Å²) >= 11 is 53.0. The number of non-ortho nitro benzene ring substituents is 4. The number of hydrogen-bond donors (Lipinski definition) is 0. The van der Waals surface area contributed by atoms with Crippen LogP contribution in [0.4, 0.5) is 57.9 Å². The first-order valence-electron chi connectivity index (χ1n) is 21.3. The lowest BCUT2D eigenvalue weighted by atomic mass is 9.98. The first-order valence-corrected chi connectivity index (χ1v) is 25.9. The molecule has 0 heterocycles. The van der Waals surface area contributed by atoms with Crippen molar-refractivity contribution in [3.05, 3.63) is 225 Å². The SMILES string of the molecule is O=[N+]([O-])c1ccc(-c2c(Cl)ccc(Sc3ccc(Cl)c(-c4ccc([N+](=O)[O-])cc4C(F)(F)F)c3Cl)c2Cl)c(C(F)(F)F)c1.O=[N+]([O-])c1ccc(-c2c(Cl)ccc(Sc3ccc(Cl)c(-c4ccc([N+](=O)[O-])cc4F)c3Cl)c2Cl)c(F)c1. The van der Waals surface area contributed by atoms with Crippen LogP contribution in [0.25, 0.3) is 44.5 Å². The highest BCUT2D eigenvalue weighted by molar-refractivity contribution is 7.99. The van der Waals surface area contributed by atoms with Gasteiger partial charge in [-0.1, -0.05) is 116 Å². The maximum Gasteiger partial charge on any atom is 0.417 e. The molecule has 8 aromatic rings. The highest BCUT2D eigenvalue weighted by atomic mass is 35.5. The minimum absolute atomic E-state index is 0.0427. The summed E-state index contributed by atoms with van der Waals surface area (Å²) in [5.41, 5.74) is -6.84. The largest absolute Gasteiger partial charge is 0.417 e. The predicted molar refractivity (Wildman–Crippen MR) is 292 cm³/mol. The highest BCUT2D eigenvalue weighted by Gasteiger charge is 2.38. The molecule has 0 radical (unpaired) electrons. The van der Waals surface area contributed by atoms with E-state index in [1.165, 1.54) is 48.5 Å². The molecule has 0 spiro atoms. The van der Waals surface area contributed by atoms with Gasteiger partial charge in [-0.15, -0.1) is 0 Å². The molecule has 80 heavy (non-hydrogen) atoms. The van der Waals surface area contributed by atoms with Crippen molar-refractivity contribution < 1.29 is 54.8 Å². The van der Waals surface area contributed by atoms with Gasteiger partial charge >= 0.3 is 12.4 Å². The van der Waals surface area contributed by atoms with Crippen molar-refractivity contribution in [3.8, 4) is 44.5 Å². The zero-order valence-electron chi connectivity index (χ0n) is 38.5. The molecule has 30 heteroatoms. The molecular formula is C50H20Cl8F8N4O8S2. The Kier molecular flexibility index (Phi) is 18.8. The summed E-state index contributed by atoms with van der Waals surface area (Å²) in [6.45, 7) is 0. The fraction of sp³-hybridized carbons (Fsp3) is 0.0400. The summed E-state index contributed by atoms with van der Waals surface area (Å²) in [7, 11) is 0. The van der Waals surface area contributed by atoms with Crippen LogP contribution in [0.1, 0.15) is 11.1 Å². The van der Waals surface area contributed by atoms with Crippen LogP contribution in [-0.4, -0.2) is 19.7 Å². The second-order valence-corrected chi connectivity index (χ2v) is 21.3. The summed E-state index contributed by atoms with van der Waals surface area (Å²) in [5, 5.41) is 43.4. The van der Waals surface area contributed by atoms with Crippen molar-refractivity contribution in [3.63, 3.8) is 0 Å². The Bertz CT molecular complexity index is 3660. The molecule has 0 aromatic heterocycles. The maximum atomic E-state index is 14.7. The van der Waals surface area contributed by atoms with Crippen molar-refractivity contribution in [2.45, 2.75) is 31.9 Å². The minimum atomic E-state index is -5.04. The van der Waals surface area contributed by atoms with Gasteiger partial charge < -0.3 is 0 Å². The minimum Gasteiger partial charge on any atom is -0.258 e. The van der Waals surface area contributed by atoms with Crippen molar-refractivity contribution in [2.24, 2.45) is 0 Å². The molecule has 0 aliphatic carbocycles. The molecule has 0 aliphatic rings. The number of nitro benzene ring substituents is 4. The number of halogens is 16. The van der Waals surface area contributed by atoms with Crippen molar-refractivity contribution in [2.75, 3.05) is 0 Å². The van der Waals surface area contributed by atoms with E-state index in [4.69, 9.17) is 92.8 Å². The summed E-state index contributed by atoms with van der Waals surface area (Å²) in [6.07, 6.45) is -10.1. The molecule has 0 fully saturated rings. The second kappa shape index (κ2) is 24.5. The van der Waals surface area contributed by atoms with E-state index in [9.17, 15) is 75.6 Å². The number of hydrogen-bond acceptors (Lipinski definition) is 10. The van der Waals surface area contributed by atoms with Gasteiger partial charge in [0.25, 0.3) is 22.7 Å². The van der Waals surface area contributed by atoms with Crippen LogP contribution < -0.4 is 0 Å². The van der Waals surface area contributed by atoms with E-state index >= 15 is 0 Å². The van der Waals surface area contributed by atoms with Gasteiger partial charge in [0.15, 0.2) is 0 Å². The highest BCUT2D eigenvalue weighted by Crippen LogP contribution is 2.53. The van der Waals surface area contributed by atoms with Crippen molar-refractivity contribution in [1.82, 2.24) is 0 Å². The monoisotopic (exact) mass is 1300 g/mol. The lowest BCUT2D eigenvalue weighted by Gasteiger charge is -2.18. The lowest BCUT2D eigenvalue weighted by Crippen LogP contribution is -2.08. The average Bonchev–Trinajstić information content (AvgIpc) is 3.46. The summed E-state index contributed by atoms with van der Waals surface area (Å²) in [6, 6.07) is 21.5. The Morgan fingerprint density at radius 2 is 0.562 bits per heavy atom. The van der Waals surface area contributed by atoms with Crippen LogP contribution in [0.15, 0.2) is 141 Å². The molecule has 0 bridgehead atoms. The second-order valence-electron chi connectivity index (χ2n) is 16.0. The molecule has 0 N–H and O–H groups in total. The molecule has 412 valence electrons. The Labute approximate surface area is 491 Å². The standard InChI is InChI=1S/C26H10Cl4F6N2O4S.C24H10Cl4F2N2O4S/c27-17-5-7-19(23(29)21(17)13-3-1-11(37(39)40)9-15(13)25(31,32)33)43-20-8-6-18(28)22(24(20)30)14-4-2-12(38(41)42)10-16(14)26(34,35)36;25-15-5-7-19(23(27)21(15)13-3-1-11(31(33)34)9-17(13)29)37-20-8-6-16(26)22(24(20)28)14-4-2-12(32(35)36)10-18(14)30/h1-10H;1-10H. The van der Waals surface area contributed by atoms with Crippen LogP contribution >= 0.6 is 116 Å². The first-order chi connectivity index (χ1) is 37.4. The van der Waals surface area contributed by atoms with Gasteiger partial charge in [0.1, 0.15) is 11.6 Å². The first kappa shape index (κ1) is 61.4. The third-order valence-corrected chi connectivity index (χ3v) is 16.6. The molecule has 0 saturated carbocycles. The summed E-state index contributed by atoms with van der Waals surface area (Å²) < 4.78 is 113. The molecule has 8 aromatic carbocycles. The van der Waals surface area contributed by atoms with Crippen LogP contribution in [0, 0.1) is 52.1 Å². The summed E-state index contributed by atoms with van der Waals surface area (Å²) in [5.74, 6) is -1.78. The lowest BCUT2D eigenvalue weighted by molar-refractivity contribution is -0.385. The van der Waals surface area contributed by atoms with E-state index in [0.29, 0.717) is 21.9 Å². The van der Waals surface area contributed by atoms with Gasteiger partial charge in [-0.25, -0.2) is 8.78 Å². The van der Waals surface area contributed by atoms with Gasteiger partial charge in [-0.2, -0.15) is 26.3 Å². The molecule has 0 saturated heterocycles. The molecule has 0 aliphatic heterocycles. The maximum absolute atomic E-state index is 14.7. The molecule has 0 amide bonds. The topological polar surface area (TPSA) is 173 Å². The van der Waals surface area contributed by atoms with Crippen molar-refractivity contribution in [1.29, 1.82) is 0 Å². The van der Waals surface area contributed by atoms with E-state index in [1.807, 2.05) is 0 Å². The van der Waals surface area contributed by atoms with E-state index < -0.39 is 88.7 Å². The van der Waals surface area contributed by atoms with Gasteiger partial charge in [0.2, 0.25) is 0 Å². The number of benzene rings is 8. The third-order valence-electron chi connectivity index (χ3n) is 11.1. The van der Waals surface area contributed by atoms with Crippen LogP contribution in [0.3, 0.4) is 0 Å². The van der Waals surface area contributed by atoms with Gasteiger partial charge in [-0.3, -0.25) is 40.5 Å². The number of alkyl halides is 6. The molecule has 12 nitrogen and oxygen atoms in total.